The number of amides is 2. The van der Waals surface area contributed by atoms with Gasteiger partial charge in [-0.1, -0.05) is 17.7 Å². The number of hydrogen-bond donors (Lipinski definition) is 2. The smallest absolute Gasteiger partial charge is 0.308 e. The number of halogens is 2. The summed E-state index contributed by atoms with van der Waals surface area (Å²) in [5, 5.41) is 15.7. The van der Waals surface area contributed by atoms with Crippen LogP contribution in [-0.4, -0.2) is 11.0 Å². The van der Waals surface area contributed by atoms with Crippen molar-refractivity contribution >= 4 is 34.7 Å². The summed E-state index contributed by atoms with van der Waals surface area (Å²) in [5.41, 5.74) is 0.842. The van der Waals surface area contributed by atoms with Gasteiger partial charge in [0.25, 0.3) is 5.69 Å². The minimum atomic E-state index is -0.619. The second-order valence-corrected chi connectivity index (χ2v) is 4.82. The quantitative estimate of drug-likeness (QED) is 0.651. The minimum absolute atomic E-state index is 0.0948. The Morgan fingerprint density at radius 2 is 2.00 bits per heavy atom. The van der Waals surface area contributed by atoms with E-state index in [4.69, 9.17) is 11.6 Å². The minimum Gasteiger partial charge on any atom is -0.308 e. The van der Waals surface area contributed by atoms with Crippen LogP contribution in [0.5, 0.6) is 0 Å². The van der Waals surface area contributed by atoms with Crippen LogP contribution in [0.2, 0.25) is 5.02 Å². The second kappa shape index (κ2) is 6.40. The summed E-state index contributed by atoms with van der Waals surface area (Å²) < 4.78 is 13.0. The molecule has 0 radical (unpaired) electrons. The molecule has 2 aromatic rings. The number of nitro groups is 1. The average molecular weight is 324 g/mol. The number of rotatable bonds is 3. The summed E-state index contributed by atoms with van der Waals surface area (Å²) in [7, 11) is 0. The fourth-order valence-electron chi connectivity index (χ4n) is 1.82. The second-order valence-electron chi connectivity index (χ2n) is 4.41. The molecule has 114 valence electrons. The summed E-state index contributed by atoms with van der Waals surface area (Å²) >= 11 is 5.62. The van der Waals surface area contributed by atoms with E-state index < -0.39 is 16.8 Å². The number of anilines is 2. The van der Waals surface area contributed by atoms with E-state index >= 15 is 0 Å². The highest BCUT2D eigenvalue weighted by molar-refractivity contribution is 6.31. The van der Waals surface area contributed by atoms with Gasteiger partial charge in [-0.25, -0.2) is 9.18 Å². The first kappa shape index (κ1) is 15.7. The summed E-state index contributed by atoms with van der Waals surface area (Å²) in [6.45, 7) is 1.53. The highest BCUT2D eigenvalue weighted by Gasteiger charge is 2.15. The number of carbonyl (C=O) groups excluding carboxylic acids is 1. The van der Waals surface area contributed by atoms with Gasteiger partial charge in [-0.3, -0.25) is 10.1 Å². The SMILES string of the molecule is Cc1c(NC(=O)Nc2ccc(F)c(Cl)c2)cccc1[N+](=O)[O-]. The molecule has 2 amide bonds. The molecular weight excluding hydrogens is 313 g/mol. The third kappa shape index (κ3) is 3.50. The number of urea groups is 1. The van der Waals surface area contributed by atoms with E-state index in [1.54, 1.807) is 6.07 Å². The van der Waals surface area contributed by atoms with Crippen molar-refractivity contribution in [1.82, 2.24) is 0 Å². The molecule has 0 aliphatic carbocycles. The first-order valence-electron chi connectivity index (χ1n) is 6.15. The predicted molar refractivity (Wildman–Crippen MR) is 81.9 cm³/mol. The largest absolute Gasteiger partial charge is 0.323 e. The van der Waals surface area contributed by atoms with Gasteiger partial charge >= 0.3 is 6.03 Å². The molecule has 0 spiro atoms. The molecule has 2 aromatic carbocycles. The molecule has 22 heavy (non-hydrogen) atoms. The van der Waals surface area contributed by atoms with E-state index in [9.17, 15) is 19.3 Å². The molecule has 0 atom stereocenters. The summed E-state index contributed by atoms with van der Waals surface area (Å²) in [4.78, 5) is 22.2. The van der Waals surface area contributed by atoms with Crippen molar-refractivity contribution in [3.63, 3.8) is 0 Å². The van der Waals surface area contributed by atoms with Crippen LogP contribution in [0.25, 0.3) is 0 Å². The fourth-order valence-corrected chi connectivity index (χ4v) is 2.00. The third-order valence-corrected chi connectivity index (χ3v) is 3.22. The topological polar surface area (TPSA) is 84.3 Å². The molecule has 0 fully saturated rings. The Balaban J connectivity index is 2.14. The molecule has 0 saturated heterocycles. The lowest BCUT2D eigenvalue weighted by Crippen LogP contribution is -2.20. The molecule has 0 heterocycles. The highest BCUT2D eigenvalue weighted by Crippen LogP contribution is 2.25. The third-order valence-electron chi connectivity index (χ3n) is 2.93. The van der Waals surface area contributed by atoms with Crippen LogP contribution in [0.3, 0.4) is 0 Å². The van der Waals surface area contributed by atoms with Crippen LogP contribution >= 0.6 is 11.6 Å². The lowest BCUT2D eigenvalue weighted by Gasteiger charge is -2.10. The Hall–Kier alpha value is -2.67. The zero-order valence-electron chi connectivity index (χ0n) is 11.4. The molecule has 0 aromatic heterocycles. The van der Waals surface area contributed by atoms with Crippen LogP contribution in [0, 0.1) is 22.9 Å². The summed E-state index contributed by atoms with van der Waals surface area (Å²) in [6, 6.07) is 7.47. The van der Waals surface area contributed by atoms with Crippen LogP contribution in [0.1, 0.15) is 5.56 Å². The number of nitro benzene ring substituents is 1. The van der Waals surface area contributed by atoms with Crippen molar-refractivity contribution in [3.8, 4) is 0 Å². The maximum atomic E-state index is 13.0. The predicted octanol–water partition coefficient (Wildman–Crippen LogP) is 4.34. The Morgan fingerprint density at radius 1 is 1.27 bits per heavy atom. The summed E-state index contributed by atoms with van der Waals surface area (Å²) in [6.07, 6.45) is 0. The van der Waals surface area contributed by atoms with Crippen LogP contribution in [-0.2, 0) is 0 Å². The Labute approximate surface area is 130 Å². The van der Waals surface area contributed by atoms with Gasteiger partial charge in [0.2, 0.25) is 0 Å². The van der Waals surface area contributed by atoms with E-state index in [2.05, 4.69) is 10.6 Å². The molecule has 0 aliphatic heterocycles. The van der Waals surface area contributed by atoms with Gasteiger partial charge in [-0.05, 0) is 31.2 Å². The van der Waals surface area contributed by atoms with E-state index in [0.29, 0.717) is 16.9 Å². The van der Waals surface area contributed by atoms with Crippen LogP contribution in [0.4, 0.5) is 26.2 Å². The van der Waals surface area contributed by atoms with Crippen molar-refractivity contribution in [1.29, 1.82) is 0 Å². The maximum Gasteiger partial charge on any atom is 0.323 e. The fraction of sp³-hybridized carbons (Fsp3) is 0.0714. The number of hydrogen-bond acceptors (Lipinski definition) is 3. The molecular formula is C14H11ClFN3O3. The molecule has 0 saturated carbocycles. The number of benzene rings is 2. The summed E-state index contributed by atoms with van der Waals surface area (Å²) in [5.74, 6) is -0.595. The van der Waals surface area contributed by atoms with Gasteiger partial charge in [-0.15, -0.1) is 0 Å². The first-order chi connectivity index (χ1) is 10.4. The lowest BCUT2D eigenvalue weighted by molar-refractivity contribution is -0.385. The van der Waals surface area contributed by atoms with Crippen LogP contribution < -0.4 is 10.6 Å². The standard InChI is InChI=1S/C14H11ClFN3O3/c1-8-12(3-2-4-13(8)19(21)22)18-14(20)17-9-5-6-11(16)10(15)7-9/h2-7H,1H3,(H2,17,18,20). The molecule has 6 nitrogen and oxygen atoms in total. The van der Waals surface area contributed by atoms with Crippen molar-refractivity contribution in [3.05, 3.63) is 62.9 Å². The van der Waals surface area contributed by atoms with E-state index in [1.807, 2.05) is 0 Å². The van der Waals surface area contributed by atoms with Gasteiger partial charge < -0.3 is 10.6 Å². The Bertz CT molecular complexity index is 752. The van der Waals surface area contributed by atoms with Gasteiger partial charge in [0.15, 0.2) is 0 Å². The monoisotopic (exact) mass is 323 g/mol. The molecule has 0 bridgehead atoms. The number of nitrogens with one attached hydrogen (secondary N) is 2. The van der Waals surface area contributed by atoms with Crippen molar-refractivity contribution in [2.45, 2.75) is 6.92 Å². The first-order valence-corrected chi connectivity index (χ1v) is 6.53. The lowest BCUT2D eigenvalue weighted by atomic mass is 10.1. The van der Waals surface area contributed by atoms with E-state index in [1.165, 1.54) is 31.2 Å². The van der Waals surface area contributed by atoms with Crippen molar-refractivity contribution in [2.75, 3.05) is 10.6 Å². The van der Waals surface area contributed by atoms with E-state index in [-0.39, 0.29) is 10.7 Å². The molecule has 2 N–H and O–H groups in total. The molecule has 0 aliphatic rings. The van der Waals surface area contributed by atoms with Crippen molar-refractivity contribution in [2.24, 2.45) is 0 Å². The highest BCUT2D eigenvalue weighted by atomic mass is 35.5. The maximum absolute atomic E-state index is 13.0. The van der Waals surface area contributed by atoms with Crippen molar-refractivity contribution < 1.29 is 14.1 Å². The Morgan fingerprint density at radius 3 is 2.64 bits per heavy atom. The average Bonchev–Trinajstić information content (AvgIpc) is 2.45. The molecule has 0 unspecified atom stereocenters. The molecule has 8 heteroatoms. The number of carbonyl (C=O) groups is 1. The van der Waals surface area contributed by atoms with Gasteiger partial charge in [0.1, 0.15) is 5.82 Å². The normalized spacial score (nSPS) is 10.1. The van der Waals surface area contributed by atoms with Gasteiger partial charge in [0, 0.05) is 11.8 Å². The zero-order valence-corrected chi connectivity index (χ0v) is 12.1. The number of nitrogens with zero attached hydrogens (tertiary/aromatic N) is 1. The zero-order chi connectivity index (χ0) is 16.3. The van der Waals surface area contributed by atoms with Gasteiger partial charge in [-0.2, -0.15) is 0 Å². The van der Waals surface area contributed by atoms with E-state index in [0.717, 1.165) is 6.07 Å². The Kier molecular flexibility index (Phi) is 4.57. The van der Waals surface area contributed by atoms with Crippen LogP contribution in [0.15, 0.2) is 36.4 Å². The van der Waals surface area contributed by atoms with Gasteiger partial charge in [0.05, 0.1) is 21.2 Å². The molecule has 2 rings (SSSR count).